The number of thiophene rings is 1. The van der Waals surface area contributed by atoms with E-state index in [0.29, 0.717) is 10.6 Å². The van der Waals surface area contributed by atoms with Gasteiger partial charge in [0, 0.05) is 10.5 Å². The maximum atomic E-state index is 8.91. The van der Waals surface area contributed by atoms with Gasteiger partial charge in [0.25, 0.3) is 0 Å². The highest BCUT2D eigenvalue weighted by atomic mass is 35.5. The van der Waals surface area contributed by atoms with Crippen LogP contribution in [0, 0.1) is 18.3 Å². The molecule has 1 heterocycles. The topological polar surface area (TPSA) is 23.8 Å². The van der Waals surface area contributed by atoms with Crippen molar-refractivity contribution < 1.29 is 0 Å². The van der Waals surface area contributed by atoms with Crippen LogP contribution in [-0.4, -0.2) is 0 Å². The second-order valence-corrected chi connectivity index (χ2v) is 4.43. The number of nitriles is 1. The Morgan fingerprint density at radius 3 is 2.79 bits per heavy atom. The highest BCUT2D eigenvalue weighted by molar-refractivity contribution is 7.12. The van der Waals surface area contributed by atoms with E-state index in [2.05, 4.69) is 6.07 Å². The third kappa shape index (κ3) is 2.60. The number of aryl methyl sites for hydroxylation is 1. The zero-order chi connectivity index (χ0) is 10.6. The molecule has 0 saturated heterocycles. The number of halogens is 1. The number of hydrogen-bond donors (Lipinski definition) is 0. The summed E-state index contributed by atoms with van der Waals surface area (Å²) in [6.45, 7) is 4.07. The molecule has 0 aliphatic rings. The zero-order valence-electron chi connectivity index (χ0n) is 8.30. The lowest BCUT2D eigenvalue weighted by molar-refractivity contribution is 0.933. The van der Waals surface area contributed by atoms with Crippen LogP contribution < -0.4 is 0 Å². The molecular weight excluding hydrogens is 214 g/mol. The summed E-state index contributed by atoms with van der Waals surface area (Å²) in [5, 5.41) is 11.6. The van der Waals surface area contributed by atoms with Crippen molar-refractivity contribution in [3.63, 3.8) is 0 Å². The average Bonchev–Trinajstić information content (AvgIpc) is 2.60. The minimum atomic E-state index is 0.618. The van der Waals surface area contributed by atoms with Crippen molar-refractivity contribution in [3.05, 3.63) is 27.5 Å². The van der Waals surface area contributed by atoms with Gasteiger partial charge in [-0.05, 0) is 30.4 Å². The molecule has 3 heteroatoms. The molecule has 0 unspecified atom stereocenters. The predicted molar refractivity (Wildman–Crippen MR) is 62.4 cm³/mol. The van der Waals surface area contributed by atoms with E-state index in [9.17, 15) is 0 Å². The fourth-order valence-corrected chi connectivity index (χ4v) is 2.35. The Kier molecular flexibility index (Phi) is 4.19. The normalized spacial score (nSPS) is 12.1. The molecule has 0 bridgehead atoms. The summed E-state index contributed by atoms with van der Waals surface area (Å²) in [6.07, 6.45) is 1.70. The summed E-state index contributed by atoms with van der Waals surface area (Å²) in [7, 11) is 0. The van der Waals surface area contributed by atoms with E-state index in [1.54, 1.807) is 11.3 Å². The Hall–Kier alpha value is -0.780. The molecule has 1 nitrogen and oxygen atoms in total. The van der Waals surface area contributed by atoms with Crippen LogP contribution in [-0.2, 0) is 0 Å². The van der Waals surface area contributed by atoms with Crippen LogP contribution in [0.3, 0.4) is 0 Å². The third-order valence-corrected chi connectivity index (χ3v) is 3.46. The standard InChI is InChI=1S/C11H12ClNS/c1-3-4-9(6-13)11(12)10-5-8(2)7-14-10/h5,7H,3-4H2,1-2H3/b11-9+. The summed E-state index contributed by atoms with van der Waals surface area (Å²) in [5.74, 6) is 0. The lowest BCUT2D eigenvalue weighted by atomic mass is 10.1. The van der Waals surface area contributed by atoms with Gasteiger partial charge in [-0.1, -0.05) is 24.9 Å². The number of nitrogens with zero attached hydrogens (tertiary/aromatic N) is 1. The van der Waals surface area contributed by atoms with E-state index in [1.165, 1.54) is 5.56 Å². The van der Waals surface area contributed by atoms with Gasteiger partial charge in [0.1, 0.15) is 0 Å². The molecule has 0 amide bonds. The Labute approximate surface area is 93.6 Å². The smallest absolute Gasteiger partial charge is 0.0963 e. The largest absolute Gasteiger partial charge is 0.193 e. The summed E-state index contributed by atoms with van der Waals surface area (Å²) < 4.78 is 0. The summed E-state index contributed by atoms with van der Waals surface area (Å²) >= 11 is 7.72. The second kappa shape index (κ2) is 5.19. The molecule has 14 heavy (non-hydrogen) atoms. The molecule has 0 saturated carbocycles. The molecule has 0 aliphatic heterocycles. The Bertz CT molecular complexity index is 384. The molecule has 0 radical (unpaired) electrons. The zero-order valence-corrected chi connectivity index (χ0v) is 9.87. The lowest BCUT2D eigenvalue weighted by Crippen LogP contribution is -1.82. The minimum absolute atomic E-state index is 0.618. The van der Waals surface area contributed by atoms with E-state index >= 15 is 0 Å². The molecule has 1 aromatic rings. The molecule has 74 valence electrons. The number of allylic oxidation sites excluding steroid dienone is 1. The van der Waals surface area contributed by atoms with Gasteiger partial charge >= 0.3 is 0 Å². The van der Waals surface area contributed by atoms with Gasteiger partial charge in [-0.2, -0.15) is 5.26 Å². The average molecular weight is 226 g/mol. The maximum absolute atomic E-state index is 8.91. The molecule has 0 spiro atoms. The van der Waals surface area contributed by atoms with Crippen molar-refractivity contribution in [3.8, 4) is 6.07 Å². The van der Waals surface area contributed by atoms with Gasteiger partial charge in [0.2, 0.25) is 0 Å². The summed E-state index contributed by atoms with van der Waals surface area (Å²) in [6, 6.07) is 4.18. The van der Waals surface area contributed by atoms with Crippen LogP contribution in [0.1, 0.15) is 30.2 Å². The van der Waals surface area contributed by atoms with Crippen LogP contribution in [0.4, 0.5) is 0 Å². The minimum Gasteiger partial charge on any atom is -0.193 e. The molecule has 1 aromatic heterocycles. The predicted octanol–water partition coefficient (Wildman–Crippen LogP) is 4.33. The van der Waals surface area contributed by atoms with Crippen molar-refractivity contribution >= 4 is 28.0 Å². The lowest BCUT2D eigenvalue weighted by Gasteiger charge is -1.98. The first-order chi connectivity index (χ1) is 6.69. The third-order valence-electron chi connectivity index (χ3n) is 1.85. The number of rotatable bonds is 3. The quantitative estimate of drug-likeness (QED) is 0.703. The Morgan fingerprint density at radius 2 is 2.36 bits per heavy atom. The highest BCUT2D eigenvalue weighted by Gasteiger charge is 2.07. The molecule has 0 fully saturated rings. The van der Waals surface area contributed by atoms with Gasteiger partial charge < -0.3 is 0 Å². The van der Waals surface area contributed by atoms with Gasteiger partial charge in [-0.15, -0.1) is 11.3 Å². The first kappa shape index (κ1) is 11.3. The Balaban J connectivity index is 3.02. The molecule has 0 N–H and O–H groups in total. The summed E-state index contributed by atoms with van der Waals surface area (Å²) in [5.41, 5.74) is 1.88. The number of hydrogen-bond acceptors (Lipinski definition) is 2. The van der Waals surface area contributed by atoms with Gasteiger partial charge in [-0.3, -0.25) is 0 Å². The van der Waals surface area contributed by atoms with Gasteiger partial charge in [0.15, 0.2) is 0 Å². The molecule has 0 aromatic carbocycles. The molecule has 1 rings (SSSR count). The molecule has 0 aliphatic carbocycles. The van der Waals surface area contributed by atoms with E-state index in [4.69, 9.17) is 16.9 Å². The van der Waals surface area contributed by atoms with Crippen molar-refractivity contribution in [2.75, 3.05) is 0 Å². The van der Waals surface area contributed by atoms with Gasteiger partial charge in [-0.25, -0.2) is 0 Å². The van der Waals surface area contributed by atoms with Crippen LogP contribution in [0.2, 0.25) is 0 Å². The van der Waals surface area contributed by atoms with Crippen LogP contribution in [0.5, 0.6) is 0 Å². The van der Waals surface area contributed by atoms with E-state index in [-0.39, 0.29) is 0 Å². The van der Waals surface area contributed by atoms with E-state index < -0.39 is 0 Å². The van der Waals surface area contributed by atoms with Crippen molar-refractivity contribution in [1.29, 1.82) is 5.26 Å². The van der Waals surface area contributed by atoms with Crippen molar-refractivity contribution in [2.45, 2.75) is 26.7 Å². The van der Waals surface area contributed by atoms with Crippen LogP contribution in [0.25, 0.3) is 5.03 Å². The monoisotopic (exact) mass is 225 g/mol. The first-order valence-corrected chi connectivity index (χ1v) is 5.79. The van der Waals surface area contributed by atoms with E-state index in [1.807, 2.05) is 25.3 Å². The van der Waals surface area contributed by atoms with Crippen molar-refractivity contribution in [2.24, 2.45) is 0 Å². The Morgan fingerprint density at radius 1 is 1.64 bits per heavy atom. The highest BCUT2D eigenvalue weighted by Crippen LogP contribution is 2.30. The molecule has 0 atom stereocenters. The van der Waals surface area contributed by atoms with E-state index in [0.717, 1.165) is 17.7 Å². The SMILES string of the molecule is CCC/C(C#N)=C(\Cl)c1cc(C)cs1. The fourth-order valence-electron chi connectivity index (χ4n) is 1.16. The van der Waals surface area contributed by atoms with Crippen LogP contribution >= 0.6 is 22.9 Å². The maximum Gasteiger partial charge on any atom is 0.0963 e. The molecular formula is C11H12ClNS. The summed E-state index contributed by atoms with van der Waals surface area (Å²) in [4.78, 5) is 0.995. The van der Waals surface area contributed by atoms with Crippen LogP contribution in [0.15, 0.2) is 17.0 Å². The first-order valence-electron chi connectivity index (χ1n) is 4.53. The van der Waals surface area contributed by atoms with Crippen molar-refractivity contribution in [1.82, 2.24) is 0 Å². The second-order valence-electron chi connectivity index (χ2n) is 3.14. The fraction of sp³-hybridized carbons (Fsp3) is 0.364. The van der Waals surface area contributed by atoms with Gasteiger partial charge in [0.05, 0.1) is 11.1 Å².